The number of hydrogen-bond donors (Lipinski definition) is 2. The Morgan fingerprint density at radius 2 is 2.17 bits per heavy atom. The van der Waals surface area contributed by atoms with E-state index < -0.39 is 0 Å². The molecule has 0 aromatic carbocycles. The Kier molecular flexibility index (Phi) is 2.76. The van der Waals surface area contributed by atoms with Gasteiger partial charge in [-0.2, -0.15) is 0 Å². The first-order valence-corrected chi connectivity index (χ1v) is 4.52. The Labute approximate surface area is 74.1 Å². The second kappa shape index (κ2) is 3.32. The van der Waals surface area contributed by atoms with Crippen LogP contribution in [0, 0.1) is 5.92 Å². The highest BCUT2D eigenvalue weighted by Crippen LogP contribution is 2.25. The van der Waals surface area contributed by atoms with Gasteiger partial charge in [-0.25, -0.2) is 0 Å². The van der Waals surface area contributed by atoms with Gasteiger partial charge >= 0.3 is 0 Å². The Morgan fingerprint density at radius 3 is 2.50 bits per heavy atom. The maximum absolute atomic E-state index is 8.98. The summed E-state index contributed by atoms with van der Waals surface area (Å²) in [7, 11) is 0. The number of rotatable bonds is 2. The maximum atomic E-state index is 8.98. The molecule has 1 aliphatic heterocycles. The first-order chi connectivity index (χ1) is 5.46. The lowest BCUT2D eigenvalue weighted by atomic mass is 10.0. The van der Waals surface area contributed by atoms with E-state index in [1.807, 2.05) is 20.8 Å². The van der Waals surface area contributed by atoms with Crippen LogP contribution in [0.15, 0.2) is 0 Å². The highest BCUT2D eigenvalue weighted by Gasteiger charge is 2.39. The fourth-order valence-electron chi connectivity index (χ4n) is 1.82. The summed E-state index contributed by atoms with van der Waals surface area (Å²) in [5.74, 6) is 0.203. The van der Waals surface area contributed by atoms with Crippen molar-refractivity contribution >= 4 is 0 Å². The van der Waals surface area contributed by atoms with Gasteiger partial charge in [0.2, 0.25) is 0 Å². The van der Waals surface area contributed by atoms with Gasteiger partial charge in [0, 0.05) is 18.6 Å². The summed E-state index contributed by atoms with van der Waals surface area (Å²) < 4.78 is 5.74. The quantitative estimate of drug-likeness (QED) is 0.647. The zero-order chi connectivity index (χ0) is 9.35. The molecule has 1 rings (SSSR count). The number of nitrogens with one attached hydrogen (secondary N) is 1. The SMILES string of the molecule is C[C@@H](CO)[C@H]1OC(C)(C)N[C@@H]1C. The molecule has 72 valence electrons. The van der Waals surface area contributed by atoms with E-state index in [1.165, 1.54) is 0 Å². The van der Waals surface area contributed by atoms with Crippen molar-refractivity contribution in [2.45, 2.75) is 45.6 Å². The summed E-state index contributed by atoms with van der Waals surface area (Å²) in [5.41, 5.74) is -0.243. The molecule has 1 aliphatic rings. The van der Waals surface area contributed by atoms with Gasteiger partial charge in [-0.05, 0) is 20.8 Å². The molecule has 0 saturated carbocycles. The van der Waals surface area contributed by atoms with Crippen LogP contribution in [0.25, 0.3) is 0 Å². The Morgan fingerprint density at radius 1 is 1.58 bits per heavy atom. The standard InChI is InChI=1S/C9H19NO2/c1-6(5-11)8-7(2)10-9(3,4)12-8/h6-8,10-11H,5H2,1-4H3/t6-,7+,8+/m0/s1. The van der Waals surface area contributed by atoms with Gasteiger partial charge in [0.05, 0.1) is 6.10 Å². The van der Waals surface area contributed by atoms with Crippen LogP contribution in [-0.2, 0) is 4.74 Å². The van der Waals surface area contributed by atoms with Crippen LogP contribution >= 0.6 is 0 Å². The minimum Gasteiger partial charge on any atom is -0.396 e. The van der Waals surface area contributed by atoms with Gasteiger partial charge in [-0.3, -0.25) is 5.32 Å². The molecule has 2 N–H and O–H groups in total. The molecular weight excluding hydrogens is 154 g/mol. The van der Waals surface area contributed by atoms with Crippen molar-refractivity contribution in [2.75, 3.05) is 6.61 Å². The second-order valence-electron chi connectivity index (χ2n) is 4.19. The summed E-state index contributed by atoms with van der Waals surface area (Å²) >= 11 is 0. The molecule has 0 unspecified atom stereocenters. The van der Waals surface area contributed by atoms with E-state index >= 15 is 0 Å². The predicted molar refractivity (Wildman–Crippen MR) is 47.8 cm³/mol. The molecule has 0 aromatic rings. The van der Waals surface area contributed by atoms with Crippen molar-refractivity contribution in [2.24, 2.45) is 5.92 Å². The predicted octanol–water partition coefficient (Wildman–Crippen LogP) is 0.728. The van der Waals surface area contributed by atoms with Crippen LogP contribution in [0.3, 0.4) is 0 Å². The van der Waals surface area contributed by atoms with Crippen molar-refractivity contribution in [3.8, 4) is 0 Å². The Balaban J connectivity index is 2.57. The van der Waals surface area contributed by atoms with Crippen LogP contribution in [0.4, 0.5) is 0 Å². The van der Waals surface area contributed by atoms with E-state index in [9.17, 15) is 0 Å². The van der Waals surface area contributed by atoms with Crippen LogP contribution in [0.1, 0.15) is 27.7 Å². The Bertz CT molecular complexity index is 159. The van der Waals surface area contributed by atoms with Crippen LogP contribution < -0.4 is 5.32 Å². The molecule has 0 aromatic heterocycles. The fourth-order valence-corrected chi connectivity index (χ4v) is 1.82. The van der Waals surface area contributed by atoms with Crippen molar-refractivity contribution in [3.05, 3.63) is 0 Å². The lowest BCUT2D eigenvalue weighted by Gasteiger charge is -2.21. The summed E-state index contributed by atoms with van der Waals surface area (Å²) in [4.78, 5) is 0. The zero-order valence-corrected chi connectivity index (χ0v) is 8.29. The summed E-state index contributed by atoms with van der Waals surface area (Å²) in [6.45, 7) is 8.30. The maximum Gasteiger partial charge on any atom is 0.114 e. The molecule has 0 bridgehead atoms. The molecule has 1 heterocycles. The molecule has 0 radical (unpaired) electrons. The molecule has 3 heteroatoms. The molecule has 1 fully saturated rings. The van der Waals surface area contributed by atoms with Gasteiger partial charge in [0.25, 0.3) is 0 Å². The van der Waals surface area contributed by atoms with E-state index in [2.05, 4.69) is 12.2 Å². The van der Waals surface area contributed by atoms with Gasteiger partial charge in [-0.15, -0.1) is 0 Å². The monoisotopic (exact) mass is 173 g/mol. The third kappa shape index (κ3) is 1.97. The normalized spacial score (nSPS) is 36.8. The molecule has 0 amide bonds. The van der Waals surface area contributed by atoms with E-state index in [4.69, 9.17) is 9.84 Å². The van der Waals surface area contributed by atoms with Gasteiger partial charge in [-0.1, -0.05) is 6.92 Å². The number of ether oxygens (including phenoxy) is 1. The van der Waals surface area contributed by atoms with Gasteiger partial charge in [0.1, 0.15) is 5.72 Å². The zero-order valence-electron chi connectivity index (χ0n) is 8.29. The minimum atomic E-state index is -0.243. The van der Waals surface area contributed by atoms with Crippen molar-refractivity contribution < 1.29 is 9.84 Å². The smallest absolute Gasteiger partial charge is 0.114 e. The van der Waals surface area contributed by atoms with E-state index in [-0.39, 0.29) is 24.4 Å². The second-order valence-corrected chi connectivity index (χ2v) is 4.19. The first kappa shape index (κ1) is 9.96. The number of hydrogen-bond acceptors (Lipinski definition) is 3. The summed E-state index contributed by atoms with van der Waals surface area (Å²) in [6.07, 6.45) is 0.130. The topological polar surface area (TPSA) is 41.5 Å². The van der Waals surface area contributed by atoms with Gasteiger partial charge < -0.3 is 9.84 Å². The molecule has 12 heavy (non-hydrogen) atoms. The largest absolute Gasteiger partial charge is 0.396 e. The fraction of sp³-hybridized carbons (Fsp3) is 1.00. The summed E-state index contributed by atoms with van der Waals surface area (Å²) in [5, 5.41) is 12.3. The lowest BCUT2D eigenvalue weighted by molar-refractivity contribution is -0.0537. The summed E-state index contributed by atoms with van der Waals surface area (Å²) in [6, 6.07) is 0.321. The van der Waals surface area contributed by atoms with Crippen molar-refractivity contribution in [1.29, 1.82) is 0 Å². The van der Waals surface area contributed by atoms with E-state index in [1.54, 1.807) is 0 Å². The molecule has 3 nitrogen and oxygen atoms in total. The molecule has 0 aliphatic carbocycles. The first-order valence-electron chi connectivity index (χ1n) is 4.52. The van der Waals surface area contributed by atoms with E-state index in [0.29, 0.717) is 6.04 Å². The molecule has 0 spiro atoms. The average Bonchev–Trinajstić information content (AvgIpc) is 2.23. The molecule has 1 saturated heterocycles. The third-order valence-corrected chi connectivity index (χ3v) is 2.35. The van der Waals surface area contributed by atoms with Crippen LogP contribution in [0.2, 0.25) is 0 Å². The number of aliphatic hydroxyl groups is 1. The highest BCUT2D eigenvalue weighted by molar-refractivity contribution is 4.89. The third-order valence-electron chi connectivity index (χ3n) is 2.35. The highest BCUT2D eigenvalue weighted by atomic mass is 16.5. The molecule has 3 atom stereocenters. The Hall–Kier alpha value is -0.120. The van der Waals surface area contributed by atoms with Crippen molar-refractivity contribution in [3.63, 3.8) is 0 Å². The van der Waals surface area contributed by atoms with Crippen molar-refractivity contribution in [1.82, 2.24) is 5.32 Å². The van der Waals surface area contributed by atoms with Crippen LogP contribution in [-0.4, -0.2) is 29.6 Å². The lowest BCUT2D eigenvalue weighted by Crippen LogP contribution is -2.37. The average molecular weight is 173 g/mol. The number of aliphatic hydroxyl groups excluding tert-OH is 1. The van der Waals surface area contributed by atoms with Gasteiger partial charge in [0.15, 0.2) is 0 Å². The minimum absolute atomic E-state index is 0.130. The molecular formula is C9H19NO2. The van der Waals surface area contributed by atoms with E-state index in [0.717, 1.165) is 0 Å². The van der Waals surface area contributed by atoms with Crippen LogP contribution in [0.5, 0.6) is 0 Å².